The minimum Gasteiger partial charge on any atom is -0.398 e. The number of β-amino-alcohol motifs (C(OH)–C–C–N with tert-alkyl or cyclic N) is 1. The average Bonchev–Trinajstić information content (AvgIpc) is 2.48. The maximum absolute atomic E-state index is 12.5. The molecule has 1 unspecified atom stereocenters. The number of amides is 1. The van der Waals surface area contributed by atoms with Crippen molar-refractivity contribution in [3.8, 4) is 0 Å². The third kappa shape index (κ3) is 6.48. The van der Waals surface area contributed by atoms with Crippen LogP contribution in [0.5, 0.6) is 0 Å². The summed E-state index contributed by atoms with van der Waals surface area (Å²) in [7, 11) is 1.84. The third-order valence-corrected chi connectivity index (χ3v) is 4.30. The van der Waals surface area contributed by atoms with Crippen LogP contribution < -0.4 is 5.73 Å². The van der Waals surface area contributed by atoms with E-state index in [2.05, 4.69) is 4.90 Å². The number of nitrogens with zero attached hydrogens (tertiary/aromatic N) is 2. The quantitative estimate of drug-likeness (QED) is 0.772. The van der Waals surface area contributed by atoms with Crippen molar-refractivity contribution >= 4 is 36.4 Å². The lowest BCUT2D eigenvalue weighted by Crippen LogP contribution is -2.41. The number of halogens is 2. The highest BCUT2D eigenvalue weighted by atomic mass is 35.5. The minimum atomic E-state index is -0.276. The fraction of sp³-hybridized carbons (Fsp3) is 0.588. The Hall–Kier alpha value is -1.01. The normalized spacial score (nSPS) is 16.6. The van der Waals surface area contributed by atoms with Crippen LogP contribution in [0.25, 0.3) is 0 Å². The molecule has 0 bridgehead atoms. The molecule has 138 valence electrons. The first-order valence-corrected chi connectivity index (χ1v) is 7.97. The van der Waals surface area contributed by atoms with E-state index >= 15 is 0 Å². The van der Waals surface area contributed by atoms with E-state index in [9.17, 15) is 9.90 Å². The van der Waals surface area contributed by atoms with Crippen molar-refractivity contribution in [1.82, 2.24) is 9.80 Å². The fourth-order valence-electron chi connectivity index (χ4n) is 3.09. The summed E-state index contributed by atoms with van der Waals surface area (Å²) in [6.07, 6.45) is 1.85. The second-order valence-corrected chi connectivity index (χ2v) is 6.37. The van der Waals surface area contributed by atoms with Crippen LogP contribution in [0, 0.1) is 5.92 Å². The number of anilines is 1. The van der Waals surface area contributed by atoms with Gasteiger partial charge in [0.1, 0.15) is 0 Å². The number of para-hydroxylation sites is 1. The smallest absolute Gasteiger partial charge is 0.255 e. The van der Waals surface area contributed by atoms with Crippen molar-refractivity contribution in [3.05, 3.63) is 29.8 Å². The Kier molecular flexibility index (Phi) is 10.3. The molecule has 0 saturated carbocycles. The number of likely N-dealkylation sites (tertiary alicyclic amines) is 1. The Morgan fingerprint density at radius 1 is 1.33 bits per heavy atom. The molecular formula is C17H29Cl2N3O2. The number of aliphatic hydroxyl groups excluding tert-OH is 1. The number of piperidine rings is 1. The van der Waals surface area contributed by atoms with Crippen molar-refractivity contribution < 1.29 is 9.90 Å². The molecule has 0 spiro atoms. The highest BCUT2D eigenvalue weighted by Crippen LogP contribution is 2.20. The molecule has 1 aliphatic heterocycles. The van der Waals surface area contributed by atoms with Gasteiger partial charge in [-0.2, -0.15) is 0 Å². The van der Waals surface area contributed by atoms with Gasteiger partial charge >= 0.3 is 0 Å². The number of nitrogen functional groups attached to an aromatic ring is 1. The van der Waals surface area contributed by atoms with E-state index in [1.165, 1.54) is 0 Å². The number of hydrogen-bond donors (Lipinski definition) is 2. The molecular weight excluding hydrogens is 349 g/mol. The van der Waals surface area contributed by atoms with E-state index in [1.54, 1.807) is 17.0 Å². The van der Waals surface area contributed by atoms with E-state index in [4.69, 9.17) is 5.73 Å². The monoisotopic (exact) mass is 377 g/mol. The van der Waals surface area contributed by atoms with Gasteiger partial charge in [-0.05, 0) is 50.9 Å². The van der Waals surface area contributed by atoms with Crippen molar-refractivity contribution in [3.63, 3.8) is 0 Å². The number of nitrogens with two attached hydrogens (primary N) is 1. The van der Waals surface area contributed by atoms with Gasteiger partial charge in [-0.15, -0.1) is 24.8 Å². The van der Waals surface area contributed by atoms with E-state index < -0.39 is 0 Å². The summed E-state index contributed by atoms with van der Waals surface area (Å²) in [4.78, 5) is 16.5. The van der Waals surface area contributed by atoms with Gasteiger partial charge < -0.3 is 20.6 Å². The van der Waals surface area contributed by atoms with Crippen LogP contribution in [-0.2, 0) is 0 Å². The zero-order valence-electron chi connectivity index (χ0n) is 14.4. The predicted octanol–water partition coefficient (Wildman–Crippen LogP) is 2.28. The van der Waals surface area contributed by atoms with Gasteiger partial charge in [0.25, 0.3) is 5.91 Å². The zero-order chi connectivity index (χ0) is 16.1. The molecule has 3 N–H and O–H groups in total. The molecule has 0 aliphatic carbocycles. The second kappa shape index (κ2) is 10.8. The lowest BCUT2D eigenvalue weighted by Gasteiger charge is -2.34. The standard InChI is InChI=1S/C17H27N3O2.2ClH/c1-13(21)11-20-9-7-14(8-10-20)12-19(2)17(22)15-5-3-4-6-16(15)18;;/h3-6,13-14,21H,7-12,18H2,1-2H3;2*1H. The van der Waals surface area contributed by atoms with Gasteiger partial charge in [0, 0.05) is 25.8 Å². The number of aliphatic hydroxyl groups is 1. The molecule has 7 heteroatoms. The summed E-state index contributed by atoms with van der Waals surface area (Å²) in [5.41, 5.74) is 6.99. The van der Waals surface area contributed by atoms with Crippen molar-refractivity contribution in [2.24, 2.45) is 5.92 Å². The zero-order valence-corrected chi connectivity index (χ0v) is 16.0. The molecule has 1 aromatic carbocycles. The molecule has 1 saturated heterocycles. The highest BCUT2D eigenvalue weighted by Gasteiger charge is 2.23. The van der Waals surface area contributed by atoms with Crippen LogP contribution in [0.15, 0.2) is 24.3 Å². The molecule has 2 rings (SSSR count). The van der Waals surface area contributed by atoms with Crippen molar-refractivity contribution in [2.45, 2.75) is 25.9 Å². The maximum atomic E-state index is 12.5. The Morgan fingerprint density at radius 3 is 2.46 bits per heavy atom. The molecule has 1 aliphatic rings. The van der Waals surface area contributed by atoms with Crippen LogP contribution in [0.2, 0.25) is 0 Å². The Morgan fingerprint density at radius 2 is 1.92 bits per heavy atom. The topological polar surface area (TPSA) is 69.8 Å². The SMILES string of the molecule is CC(O)CN1CCC(CN(C)C(=O)c2ccccc2N)CC1.Cl.Cl. The molecule has 1 aromatic rings. The van der Waals surface area contributed by atoms with E-state index in [0.29, 0.717) is 17.2 Å². The first-order chi connectivity index (χ1) is 10.5. The summed E-state index contributed by atoms with van der Waals surface area (Å²) >= 11 is 0. The summed E-state index contributed by atoms with van der Waals surface area (Å²) in [5.74, 6) is 0.508. The van der Waals surface area contributed by atoms with E-state index in [1.807, 2.05) is 26.1 Å². The van der Waals surface area contributed by atoms with Gasteiger partial charge in [0.05, 0.1) is 11.7 Å². The fourth-order valence-corrected chi connectivity index (χ4v) is 3.09. The molecule has 1 heterocycles. The number of hydrogen-bond acceptors (Lipinski definition) is 4. The lowest BCUT2D eigenvalue weighted by molar-refractivity contribution is 0.0703. The van der Waals surface area contributed by atoms with Crippen LogP contribution in [-0.4, -0.2) is 60.1 Å². The van der Waals surface area contributed by atoms with E-state index in [0.717, 1.165) is 39.0 Å². The largest absolute Gasteiger partial charge is 0.398 e. The number of carbonyl (C=O) groups is 1. The number of benzene rings is 1. The first-order valence-electron chi connectivity index (χ1n) is 7.97. The summed E-state index contributed by atoms with van der Waals surface area (Å²) in [5, 5.41) is 9.43. The molecule has 24 heavy (non-hydrogen) atoms. The number of rotatable bonds is 5. The first kappa shape index (κ1) is 23.0. The molecule has 1 fully saturated rings. The van der Waals surface area contributed by atoms with Crippen LogP contribution in [0.4, 0.5) is 5.69 Å². The minimum absolute atomic E-state index is 0. The van der Waals surface area contributed by atoms with Crippen LogP contribution >= 0.6 is 24.8 Å². The Bertz CT molecular complexity index is 506. The molecule has 1 amide bonds. The van der Waals surface area contributed by atoms with Gasteiger partial charge in [0.2, 0.25) is 0 Å². The van der Waals surface area contributed by atoms with Gasteiger partial charge in [0.15, 0.2) is 0 Å². The summed E-state index contributed by atoms with van der Waals surface area (Å²) in [6.45, 7) is 5.30. The third-order valence-electron chi connectivity index (χ3n) is 4.30. The average molecular weight is 378 g/mol. The Balaban J connectivity index is 0.00000264. The lowest BCUT2D eigenvalue weighted by atomic mass is 9.96. The molecule has 0 aromatic heterocycles. The van der Waals surface area contributed by atoms with Gasteiger partial charge in [-0.3, -0.25) is 4.79 Å². The number of carbonyl (C=O) groups excluding carboxylic acids is 1. The van der Waals surface area contributed by atoms with Crippen molar-refractivity contribution in [2.75, 3.05) is 39.0 Å². The van der Waals surface area contributed by atoms with Gasteiger partial charge in [-0.25, -0.2) is 0 Å². The van der Waals surface area contributed by atoms with Crippen molar-refractivity contribution in [1.29, 1.82) is 0 Å². The maximum Gasteiger partial charge on any atom is 0.255 e. The Labute approximate surface area is 157 Å². The van der Waals surface area contributed by atoms with Gasteiger partial charge in [-0.1, -0.05) is 12.1 Å². The second-order valence-electron chi connectivity index (χ2n) is 6.37. The molecule has 5 nitrogen and oxygen atoms in total. The summed E-state index contributed by atoms with van der Waals surface area (Å²) < 4.78 is 0. The molecule has 0 radical (unpaired) electrons. The van der Waals surface area contributed by atoms with Crippen LogP contribution in [0.1, 0.15) is 30.1 Å². The van der Waals surface area contributed by atoms with E-state index in [-0.39, 0.29) is 36.8 Å². The van der Waals surface area contributed by atoms with Crippen LogP contribution in [0.3, 0.4) is 0 Å². The molecule has 1 atom stereocenters. The predicted molar refractivity (Wildman–Crippen MR) is 103 cm³/mol. The summed E-state index contributed by atoms with van der Waals surface area (Å²) in [6, 6.07) is 7.21. The highest BCUT2D eigenvalue weighted by molar-refractivity contribution is 5.98.